The molecule has 2 rings (SSSR count). The summed E-state index contributed by atoms with van der Waals surface area (Å²) in [7, 11) is -0.269. The van der Waals surface area contributed by atoms with Crippen molar-refractivity contribution in [2.75, 3.05) is 27.2 Å². The van der Waals surface area contributed by atoms with Crippen LogP contribution in [0.3, 0.4) is 0 Å². The number of methoxy groups -OCH3 is 1. The lowest BCUT2D eigenvalue weighted by Gasteiger charge is -2.14. The fraction of sp³-hybridized carbons (Fsp3) is 0.312. The number of sulfonamides is 1. The van der Waals surface area contributed by atoms with Gasteiger partial charge in [0.1, 0.15) is 9.96 Å². The monoisotopic (exact) mass is 544 g/mol. The zero-order valence-electron chi connectivity index (χ0n) is 14.9. The number of benzene rings is 1. The maximum absolute atomic E-state index is 12.1. The number of ether oxygens (including phenoxy) is 1. The van der Waals surface area contributed by atoms with Gasteiger partial charge in [-0.2, -0.15) is 0 Å². The number of para-hydroxylation sites is 1. The first-order valence-electron chi connectivity index (χ1n) is 7.77. The molecular formula is C16H22ClIN4O3S2. The quantitative estimate of drug-likeness (QED) is 0.206. The molecule has 2 aromatic rings. The zero-order chi connectivity index (χ0) is 19.0. The van der Waals surface area contributed by atoms with Crippen LogP contribution in [-0.2, 0) is 16.6 Å². The summed E-state index contributed by atoms with van der Waals surface area (Å²) in [4.78, 5) is 4.12. The van der Waals surface area contributed by atoms with E-state index in [0.29, 0.717) is 23.4 Å². The van der Waals surface area contributed by atoms with Crippen molar-refractivity contribution in [1.82, 2.24) is 15.4 Å². The summed E-state index contributed by atoms with van der Waals surface area (Å²) >= 11 is 6.80. The molecule has 11 heteroatoms. The number of thiophene rings is 1. The number of hydrogen-bond acceptors (Lipinski definition) is 5. The minimum absolute atomic E-state index is 0. The minimum atomic E-state index is -3.54. The third-order valence-corrected chi connectivity index (χ3v) is 6.57. The summed E-state index contributed by atoms with van der Waals surface area (Å²) < 4.78 is 32.6. The zero-order valence-corrected chi connectivity index (χ0v) is 19.6. The molecule has 7 nitrogen and oxygen atoms in total. The number of rotatable bonds is 8. The molecule has 0 aliphatic heterocycles. The lowest BCUT2D eigenvalue weighted by atomic mass is 10.2. The van der Waals surface area contributed by atoms with Crippen molar-refractivity contribution in [2.45, 2.75) is 10.8 Å². The number of hydrogen-bond donors (Lipinski definition) is 3. The molecule has 0 amide bonds. The Labute approximate surface area is 185 Å². The highest BCUT2D eigenvalue weighted by Gasteiger charge is 2.15. The number of guanidine groups is 1. The van der Waals surface area contributed by atoms with Crippen LogP contribution in [0, 0.1) is 0 Å². The summed E-state index contributed by atoms with van der Waals surface area (Å²) in [6, 6.07) is 10.7. The van der Waals surface area contributed by atoms with Gasteiger partial charge in [0.25, 0.3) is 0 Å². The fourth-order valence-electron chi connectivity index (χ4n) is 2.13. The van der Waals surface area contributed by atoms with E-state index < -0.39 is 10.0 Å². The molecule has 150 valence electrons. The van der Waals surface area contributed by atoms with Crippen LogP contribution in [0.4, 0.5) is 0 Å². The summed E-state index contributed by atoms with van der Waals surface area (Å²) in [6.07, 6.45) is 0. The Morgan fingerprint density at radius 1 is 1.19 bits per heavy atom. The number of halogens is 2. The standard InChI is InChI=1S/C16H21ClN4O3S2.HI/c1-18-16(20-11-12-5-3-4-6-13(12)24-2)19-9-10-21-26(22,23)15-8-7-14(17)25-15;/h3-8,21H,9-11H2,1-2H3,(H2,18,19,20);1H. The van der Waals surface area contributed by atoms with Gasteiger partial charge in [-0.25, -0.2) is 13.1 Å². The lowest BCUT2D eigenvalue weighted by Crippen LogP contribution is -2.41. The van der Waals surface area contributed by atoms with Crippen molar-refractivity contribution in [3.63, 3.8) is 0 Å². The molecule has 1 heterocycles. The minimum Gasteiger partial charge on any atom is -0.496 e. The van der Waals surface area contributed by atoms with E-state index >= 15 is 0 Å². The molecule has 0 fully saturated rings. The topological polar surface area (TPSA) is 91.8 Å². The van der Waals surface area contributed by atoms with Gasteiger partial charge in [-0.3, -0.25) is 4.99 Å². The Balaban J connectivity index is 0.00000364. The molecule has 1 aromatic carbocycles. The molecule has 0 saturated carbocycles. The van der Waals surface area contributed by atoms with E-state index in [1.807, 2.05) is 24.3 Å². The maximum atomic E-state index is 12.1. The summed E-state index contributed by atoms with van der Waals surface area (Å²) in [5.74, 6) is 1.35. The van der Waals surface area contributed by atoms with E-state index in [0.717, 1.165) is 22.6 Å². The van der Waals surface area contributed by atoms with Gasteiger partial charge in [0.15, 0.2) is 5.96 Å². The third kappa shape index (κ3) is 7.45. The van der Waals surface area contributed by atoms with Gasteiger partial charge in [0.2, 0.25) is 10.0 Å². The van der Waals surface area contributed by atoms with Crippen molar-refractivity contribution in [2.24, 2.45) is 4.99 Å². The second kappa shape index (κ2) is 11.7. The van der Waals surface area contributed by atoms with Crippen LogP contribution in [0.2, 0.25) is 4.34 Å². The second-order valence-corrected chi connectivity index (χ2v) is 8.83. The van der Waals surface area contributed by atoms with E-state index in [-0.39, 0.29) is 34.7 Å². The number of nitrogens with zero attached hydrogens (tertiary/aromatic N) is 1. The molecule has 3 N–H and O–H groups in total. The smallest absolute Gasteiger partial charge is 0.250 e. The highest BCUT2D eigenvalue weighted by atomic mass is 127. The van der Waals surface area contributed by atoms with Crippen LogP contribution in [0.15, 0.2) is 45.6 Å². The number of nitrogens with one attached hydrogen (secondary N) is 3. The van der Waals surface area contributed by atoms with Crippen molar-refractivity contribution in [3.8, 4) is 5.75 Å². The van der Waals surface area contributed by atoms with Crippen LogP contribution in [0.25, 0.3) is 0 Å². The largest absolute Gasteiger partial charge is 0.496 e. The van der Waals surface area contributed by atoms with Crippen molar-refractivity contribution in [3.05, 3.63) is 46.3 Å². The maximum Gasteiger partial charge on any atom is 0.250 e. The fourth-order valence-corrected chi connectivity index (χ4v) is 4.69. The molecule has 0 radical (unpaired) electrons. The molecule has 0 unspecified atom stereocenters. The van der Waals surface area contributed by atoms with Crippen molar-refractivity contribution < 1.29 is 13.2 Å². The molecule has 0 spiro atoms. The van der Waals surface area contributed by atoms with Gasteiger partial charge in [-0.1, -0.05) is 29.8 Å². The van der Waals surface area contributed by atoms with E-state index in [4.69, 9.17) is 16.3 Å². The molecule has 0 bridgehead atoms. The molecule has 1 aromatic heterocycles. The van der Waals surface area contributed by atoms with Gasteiger partial charge in [0, 0.05) is 32.2 Å². The van der Waals surface area contributed by atoms with Gasteiger partial charge in [-0.15, -0.1) is 35.3 Å². The highest BCUT2D eigenvalue weighted by molar-refractivity contribution is 14.0. The van der Waals surface area contributed by atoms with E-state index in [1.54, 1.807) is 20.2 Å². The van der Waals surface area contributed by atoms with Gasteiger partial charge in [0.05, 0.1) is 11.4 Å². The average Bonchev–Trinajstić information content (AvgIpc) is 3.08. The van der Waals surface area contributed by atoms with Gasteiger partial charge >= 0.3 is 0 Å². The van der Waals surface area contributed by atoms with Crippen molar-refractivity contribution >= 4 is 62.9 Å². The lowest BCUT2D eigenvalue weighted by molar-refractivity contribution is 0.409. The Kier molecular flexibility index (Phi) is 10.4. The SMILES string of the molecule is CN=C(NCCNS(=O)(=O)c1ccc(Cl)s1)NCc1ccccc1OC.I. The predicted octanol–water partition coefficient (Wildman–Crippen LogP) is 2.67. The number of aliphatic imine (C=N–C) groups is 1. The first kappa shape index (κ1) is 24.0. The van der Waals surface area contributed by atoms with Crippen LogP contribution < -0.4 is 20.1 Å². The molecule has 0 atom stereocenters. The molecule has 0 aliphatic carbocycles. The Morgan fingerprint density at radius 2 is 1.93 bits per heavy atom. The molecule has 0 saturated heterocycles. The van der Waals surface area contributed by atoms with E-state index in [9.17, 15) is 8.42 Å². The van der Waals surface area contributed by atoms with Gasteiger partial charge in [-0.05, 0) is 18.2 Å². The van der Waals surface area contributed by atoms with Crippen LogP contribution in [-0.4, -0.2) is 41.6 Å². The van der Waals surface area contributed by atoms with Crippen LogP contribution in [0.5, 0.6) is 5.75 Å². The molecule has 27 heavy (non-hydrogen) atoms. The summed E-state index contributed by atoms with van der Waals surface area (Å²) in [5.41, 5.74) is 0.994. The predicted molar refractivity (Wildman–Crippen MR) is 121 cm³/mol. The average molecular weight is 545 g/mol. The van der Waals surface area contributed by atoms with E-state index in [2.05, 4.69) is 20.3 Å². The van der Waals surface area contributed by atoms with Gasteiger partial charge < -0.3 is 15.4 Å². The molecule has 0 aliphatic rings. The summed E-state index contributed by atoms with van der Waals surface area (Å²) in [6.45, 7) is 1.13. The second-order valence-electron chi connectivity index (χ2n) is 5.12. The molecular weight excluding hydrogens is 523 g/mol. The first-order valence-corrected chi connectivity index (χ1v) is 10.5. The van der Waals surface area contributed by atoms with Crippen LogP contribution in [0.1, 0.15) is 5.56 Å². The van der Waals surface area contributed by atoms with Crippen molar-refractivity contribution in [1.29, 1.82) is 0 Å². The first-order chi connectivity index (χ1) is 12.5. The van der Waals surface area contributed by atoms with Crippen LogP contribution >= 0.6 is 46.9 Å². The highest BCUT2D eigenvalue weighted by Crippen LogP contribution is 2.25. The third-order valence-electron chi connectivity index (χ3n) is 3.39. The normalized spacial score (nSPS) is 11.6. The Morgan fingerprint density at radius 3 is 2.56 bits per heavy atom. The van der Waals surface area contributed by atoms with E-state index in [1.165, 1.54) is 6.07 Å². The Bertz CT molecular complexity index is 859. The summed E-state index contributed by atoms with van der Waals surface area (Å²) in [5, 5.41) is 6.21. The Hall–Kier alpha value is -1.08.